The maximum absolute atomic E-state index is 8.94. The van der Waals surface area contributed by atoms with Crippen molar-refractivity contribution in [3.8, 4) is 11.8 Å². The first-order chi connectivity index (χ1) is 5.83. The van der Waals surface area contributed by atoms with Gasteiger partial charge in [-0.25, -0.2) is 0 Å². The second kappa shape index (κ2) is 4.97. The summed E-state index contributed by atoms with van der Waals surface area (Å²) in [6.45, 7) is -0.277. The van der Waals surface area contributed by atoms with Gasteiger partial charge in [-0.05, 0) is 31.3 Å². The minimum absolute atomic E-state index is 0.277. The van der Waals surface area contributed by atoms with E-state index >= 15 is 0 Å². The zero-order chi connectivity index (χ0) is 8.81. The van der Waals surface area contributed by atoms with Gasteiger partial charge in [0.1, 0.15) is 6.10 Å². The Hall–Kier alpha value is -0.780. The van der Waals surface area contributed by atoms with Gasteiger partial charge in [0, 0.05) is 0 Å². The van der Waals surface area contributed by atoms with Crippen LogP contribution < -0.4 is 0 Å². The van der Waals surface area contributed by atoms with Crippen molar-refractivity contribution in [3.05, 3.63) is 11.6 Å². The molecule has 0 aromatic heterocycles. The molecule has 0 aliphatic heterocycles. The van der Waals surface area contributed by atoms with Gasteiger partial charge in [0.2, 0.25) is 0 Å². The summed E-state index contributed by atoms with van der Waals surface area (Å²) in [5.41, 5.74) is 1.11. The second-order valence-electron chi connectivity index (χ2n) is 2.94. The molecule has 0 saturated heterocycles. The van der Waals surface area contributed by atoms with Crippen LogP contribution in [-0.4, -0.2) is 22.9 Å². The van der Waals surface area contributed by atoms with Crippen LogP contribution in [0.15, 0.2) is 11.6 Å². The fourth-order valence-electron chi connectivity index (χ4n) is 1.17. The Bertz CT molecular complexity index is 220. The molecule has 2 nitrogen and oxygen atoms in total. The molecule has 0 spiro atoms. The lowest BCUT2D eigenvalue weighted by atomic mass is 10.00. The van der Waals surface area contributed by atoms with Crippen molar-refractivity contribution in [3.63, 3.8) is 0 Å². The second-order valence-corrected chi connectivity index (χ2v) is 2.94. The van der Waals surface area contributed by atoms with Crippen LogP contribution in [0.2, 0.25) is 0 Å². The van der Waals surface area contributed by atoms with E-state index in [-0.39, 0.29) is 6.61 Å². The molecule has 1 atom stereocenters. The van der Waals surface area contributed by atoms with Gasteiger partial charge in [-0.3, -0.25) is 0 Å². The standard InChI is InChI=1S/C10H14O2/c11-8-10(12)7-6-9-4-2-1-3-5-9/h4,10-12H,1-3,5,8H2/t10-/m0/s1. The van der Waals surface area contributed by atoms with Crippen LogP contribution in [0.5, 0.6) is 0 Å². The monoisotopic (exact) mass is 166 g/mol. The van der Waals surface area contributed by atoms with Gasteiger partial charge in [0.05, 0.1) is 6.61 Å². The van der Waals surface area contributed by atoms with Crippen molar-refractivity contribution in [2.45, 2.75) is 31.8 Å². The molecule has 1 aliphatic rings. The maximum atomic E-state index is 8.94. The van der Waals surface area contributed by atoms with Gasteiger partial charge < -0.3 is 10.2 Å². The van der Waals surface area contributed by atoms with Crippen LogP contribution in [-0.2, 0) is 0 Å². The highest BCUT2D eigenvalue weighted by atomic mass is 16.3. The molecule has 0 saturated carbocycles. The highest BCUT2D eigenvalue weighted by Crippen LogP contribution is 2.15. The van der Waals surface area contributed by atoms with Gasteiger partial charge in [0.25, 0.3) is 0 Å². The molecule has 0 amide bonds. The minimum Gasteiger partial charge on any atom is -0.393 e. The molecule has 0 aromatic rings. The normalized spacial score (nSPS) is 19.0. The summed E-state index contributed by atoms with van der Waals surface area (Å²) >= 11 is 0. The summed E-state index contributed by atoms with van der Waals surface area (Å²) in [7, 11) is 0. The molecular weight excluding hydrogens is 152 g/mol. The zero-order valence-corrected chi connectivity index (χ0v) is 7.08. The van der Waals surface area contributed by atoms with Gasteiger partial charge in [-0.1, -0.05) is 17.9 Å². The van der Waals surface area contributed by atoms with Gasteiger partial charge >= 0.3 is 0 Å². The van der Waals surface area contributed by atoms with Crippen molar-refractivity contribution >= 4 is 0 Å². The van der Waals surface area contributed by atoms with Crippen molar-refractivity contribution < 1.29 is 10.2 Å². The van der Waals surface area contributed by atoms with E-state index in [4.69, 9.17) is 10.2 Å². The van der Waals surface area contributed by atoms with Crippen LogP contribution in [0.1, 0.15) is 25.7 Å². The Balaban J connectivity index is 2.46. The molecule has 66 valence electrons. The van der Waals surface area contributed by atoms with E-state index in [9.17, 15) is 0 Å². The molecular formula is C10H14O2. The fourth-order valence-corrected chi connectivity index (χ4v) is 1.17. The molecule has 12 heavy (non-hydrogen) atoms. The Kier molecular flexibility index (Phi) is 3.86. The van der Waals surface area contributed by atoms with E-state index in [0.717, 1.165) is 18.4 Å². The van der Waals surface area contributed by atoms with Crippen molar-refractivity contribution in [1.82, 2.24) is 0 Å². The zero-order valence-electron chi connectivity index (χ0n) is 7.08. The molecule has 0 fully saturated rings. The predicted octanol–water partition coefficient (Wildman–Crippen LogP) is 0.843. The summed E-state index contributed by atoms with van der Waals surface area (Å²) in [6.07, 6.45) is 5.78. The minimum atomic E-state index is -0.882. The van der Waals surface area contributed by atoms with E-state index in [2.05, 4.69) is 17.9 Å². The molecule has 0 radical (unpaired) electrons. The van der Waals surface area contributed by atoms with Crippen molar-refractivity contribution in [2.24, 2.45) is 0 Å². The maximum Gasteiger partial charge on any atom is 0.138 e. The Morgan fingerprint density at radius 1 is 1.50 bits per heavy atom. The number of rotatable bonds is 1. The number of aliphatic hydroxyl groups is 2. The third kappa shape index (κ3) is 3.08. The van der Waals surface area contributed by atoms with Gasteiger partial charge in [-0.2, -0.15) is 0 Å². The molecule has 0 aromatic carbocycles. The van der Waals surface area contributed by atoms with E-state index in [1.165, 1.54) is 12.8 Å². The molecule has 0 unspecified atom stereocenters. The quantitative estimate of drug-likeness (QED) is 0.567. The smallest absolute Gasteiger partial charge is 0.138 e. The fraction of sp³-hybridized carbons (Fsp3) is 0.600. The van der Waals surface area contributed by atoms with E-state index in [1.807, 2.05) is 0 Å². The largest absolute Gasteiger partial charge is 0.393 e. The average Bonchev–Trinajstić information content (AvgIpc) is 2.16. The van der Waals surface area contributed by atoms with E-state index in [1.54, 1.807) is 0 Å². The summed E-state index contributed by atoms with van der Waals surface area (Å²) in [6, 6.07) is 0. The lowest BCUT2D eigenvalue weighted by Gasteiger charge is -2.05. The summed E-state index contributed by atoms with van der Waals surface area (Å²) < 4.78 is 0. The van der Waals surface area contributed by atoms with Crippen LogP contribution in [0.25, 0.3) is 0 Å². The summed E-state index contributed by atoms with van der Waals surface area (Å²) in [5, 5.41) is 17.4. The lowest BCUT2D eigenvalue weighted by Crippen LogP contribution is -2.08. The Labute approximate surface area is 72.9 Å². The number of aliphatic hydroxyl groups excluding tert-OH is 2. The van der Waals surface area contributed by atoms with Crippen molar-refractivity contribution in [2.75, 3.05) is 6.61 Å². The highest BCUT2D eigenvalue weighted by molar-refractivity contribution is 5.30. The Morgan fingerprint density at radius 2 is 2.33 bits per heavy atom. The molecule has 1 aliphatic carbocycles. The molecule has 0 heterocycles. The van der Waals surface area contributed by atoms with Crippen LogP contribution >= 0.6 is 0 Å². The molecule has 2 N–H and O–H groups in total. The number of allylic oxidation sites excluding steroid dienone is 2. The first-order valence-corrected chi connectivity index (χ1v) is 4.32. The third-order valence-corrected chi connectivity index (χ3v) is 1.86. The molecule has 1 rings (SSSR count). The molecule has 2 heteroatoms. The Morgan fingerprint density at radius 3 is 2.92 bits per heavy atom. The first kappa shape index (κ1) is 9.31. The van der Waals surface area contributed by atoms with Crippen LogP contribution in [0, 0.1) is 11.8 Å². The summed E-state index contributed by atoms with van der Waals surface area (Å²) in [5.74, 6) is 5.46. The first-order valence-electron chi connectivity index (χ1n) is 4.32. The number of hydrogen-bond acceptors (Lipinski definition) is 2. The van der Waals surface area contributed by atoms with Crippen molar-refractivity contribution in [1.29, 1.82) is 0 Å². The van der Waals surface area contributed by atoms with Gasteiger partial charge in [-0.15, -0.1) is 0 Å². The summed E-state index contributed by atoms with van der Waals surface area (Å²) in [4.78, 5) is 0. The van der Waals surface area contributed by atoms with Crippen LogP contribution in [0.3, 0.4) is 0 Å². The SMILES string of the molecule is OC[C@@H](O)C#CC1=CCCCC1. The van der Waals surface area contributed by atoms with Gasteiger partial charge in [0.15, 0.2) is 0 Å². The predicted molar refractivity (Wildman–Crippen MR) is 47.4 cm³/mol. The molecule has 0 bridgehead atoms. The van der Waals surface area contributed by atoms with E-state index < -0.39 is 6.10 Å². The topological polar surface area (TPSA) is 40.5 Å². The van der Waals surface area contributed by atoms with E-state index in [0.29, 0.717) is 0 Å². The van der Waals surface area contributed by atoms with Crippen LogP contribution in [0.4, 0.5) is 0 Å². The average molecular weight is 166 g/mol. The highest BCUT2D eigenvalue weighted by Gasteiger charge is 2.00. The number of hydrogen-bond donors (Lipinski definition) is 2. The lowest BCUT2D eigenvalue weighted by molar-refractivity contribution is 0.138. The third-order valence-electron chi connectivity index (χ3n) is 1.86.